The Bertz CT molecular complexity index is 240. The van der Waals surface area contributed by atoms with Crippen LogP contribution >= 0.6 is 0 Å². The molecule has 0 aromatic carbocycles. The SMILES string of the molecule is C=CCC(CC=C)C(=O)N1CC[C@@H](N)C1. The van der Waals surface area contributed by atoms with Gasteiger partial charge in [-0.15, -0.1) is 13.2 Å². The maximum Gasteiger partial charge on any atom is 0.226 e. The first kappa shape index (κ1) is 12.0. The molecule has 0 radical (unpaired) electrons. The molecule has 0 aromatic rings. The minimum absolute atomic E-state index is 0.00491. The van der Waals surface area contributed by atoms with Crippen LogP contribution in [0.4, 0.5) is 0 Å². The highest BCUT2D eigenvalue weighted by atomic mass is 16.2. The molecule has 0 unspecified atom stereocenters. The molecule has 1 aliphatic heterocycles. The van der Waals surface area contributed by atoms with E-state index in [2.05, 4.69) is 13.2 Å². The third-order valence-electron chi connectivity index (χ3n) is 2.79. The largest absolute Gasteiger partial charge is 0.341 e. The summed E-state index contributed by atoms with van der Waals surface area (Å²) in [7, 11) is 0. The van der Waals surface area contributed by atoms with Crippen LogP contribution in [-0.2, 0) is 4.79 Å². The molecule has 0 aromatic heterocycles. The second-order valence-electron chi connectivity index (χ2n) is 4.08. The molecule has 1 aliphatic rings. The number of amides is 1. The van der Waals surface area contributed by atoms with Crippen molar-refractivity contribution in [2.75, 3.05) is 13.1 Å². The molecule has 0 spiro atoms. The summed E-state index contributed by atoms with van der Waals surface area (Å²) in [6.45, 7) is 8.85. The molecular formula is C12H20N2O. The third kappa shape index (κ3) is 3.20. The highest BCUT2D eigenvalue weighted by Gasteiger charge is 2.27. The zero-order chi connectivity index (χ0) is 11.3. The lowest BCUT2D eigenvalue weighted by Gasteiger charge is -2.21. The molecule has 0 bridgehead atoms. The van der Waals surface area contributed by atoms with Crippen LogP contribution in [0.1, 0.15) is 19.3 Å². The number of rotatable bonds is 5. The van der Waals surface area contributed by atoms with Crippen LogP contribution in [0.2, 0.25) is 0 Å². The first-order valence-corrected chi connectivity index (χ1v) is 5.45. The van der Waals surface area contributed by atoms with Crippen LogP contribution in [0.25, 0.3) is 0 Å². The predicted molar refractivity (Wildman–Crippen MR) is 62.3 cm³/mol. The first-order valence-electron chi connectivity index (χ1n) is 5.45. The molecule has 1 amide bonds. The molecule has 1 saturated heterocycles. The fraction of sp³-hybridized carbons (Fsp3) is 0.583. The van der Waals surface area contributed by atoms with E-state index in [1.165, 1.54) is 0 Å². The van der Waals surface area contributed by atoms with E-state index in [4.69, 9.17) is 5.73 Å². The lowest BCUT2D eigenvalue weighted by atomic mass is 10.00. The topological polar surface area (TPSA) is 46.3 Å². The second kappa shape index (κ2) is 5.71. The number of nitrogens with two attached hydrogens (primary N) is 1. The Morgan fingerprint density at radius 1 is 1.47 bits per heavy atom. The van der Waals surface area contributed by atoms with Gasteiger partial charge in [0.25, 0.3) is 0 Å². The maximum absolute atomic E-state index is 12.0. The molecule has 0 saturated carbocycles. The molecule has 3 nitrogen and oxygen atoms in total. The van der Waals surface area contributed by atoms with Gasteiger partial charge >= 0.3 is 0 Å². The highest BCUT2D eigenvalue weighted by Crippen LogP contribution is 2.17. The summed E-state index contributed by atoms with van der Waals surface area (Å²) in [5.41, 5.74) is 5.78. The Labute approximate surface area is 91.6 Å². The lowest BCUT2D eigenvalue weighted by Crippen LogP contribution is -2.36. The van der Waals surface area contributed by atoms with Crippen LogP contribution < -0.4 is 5.73 Å². The van der Waals surface area contributed by atoms with Crippen molar-refractivity contribution in [2.24, 2.45) is 11.7 Å². The number of nitrogens with zero attached hydrogens (tertiary/aromatic N) is 1. The number of allylic oxidation sites excluding steroid dienone is 2. The maximum atomic E-state index is 12.0. The van der Waals surface area contributed by atoms with E-state index in [-0.39, 0.29) is 17.9 Å². The van der Waals surface area contributed by atoms with Crippen molar-refractivity contribution in [1.29, 1.82) is 0 Å². The van der Waals surface area contributed by atoms with Gasteiger partial charge in [-0.25, -0.2) is 0 Å². The molecule has 1 rings (SSSR count). The van der Waals surface area contributed by atoms with E-state index in [0.717, 1.165) is 25.8 Å². The van der Waals surface area contributed by atoms with Gasteiger partial charge in [-0.1, -0.05) is 12.2 Å². The van der Waals surface area contributed by atoms with Crippen molar-refractivity contribution in [3.63, 3.8) is 0 Å². The summed E-state index contributed by atoms with van der Waals surface area (Å²) in [4.78, 5) is 13.9. The molecule has 2 N–H and O–H groups in total. The smallest absolute Gasteiger partial charge is 0.226 e. The molecule has 84 valence electrons. The predicted octanol–water partition coefficient (Wildman–Crippen LogP) is 1.31. The van der Waals surface area contributed by atoms with E-state index in [9.17, 15) is 4.79 Å². The summed E-state index contributed by atoms with van der Waals surface area (Å²) < 4.78 is 0. The van der Waals surface area contributed by atoms with E-state index in [0.29, 0.717) is 6.54 Å². The van der Waals surface area contributed by atoms with Crippen molar-refractivity contribution >= 4 is 5.91 Å². The van der Waals surface area contributed by atoms with Gasteiger partial charge in [-0.2, -0.15) is 0 Å². The summed E-state index contributed by atoms with van der Waals surface area (Å²) in [6.07, 6.45) is 5.94. The van der Waals surface area contributed by atoms with E-state index >= 15 is 0 Å². The molecule has 1 heterocycles. The van der Waals surface area contributed by atoms with Crippen LogP contribution in [0.15, 0.2) is 25.3 Å². The zero-order valence-electron chi connectivity index (χ0n) is 9.19. The number of carbonyl (C=O) groups excluding carboxylic acids is 1. The highest BCUT2D eigenvalue weighted by molar-refractivity contribution is 5.79. The number of likely N-dealkylation sites (tertiary alicyclic amines) is 1. The van der Waals surface area contributed by atoms with Gasteiger partial charge in [-0.05, 0) is 19.3 Å². The first-order chi connectivity index (χ1) is 7.19. The van der Waals surface area contributed by atoms with Gasteiger partial charge in [0.1, 0.15) is 0 Å². The van der Waals surface area contributed by atoms with Crippen molar-refractivity contribution in [3.8, 4) is 0 Å². The minimum Gasteiger partial charge on any atom is -0.341 e. The summed E-state index contributed by atoms with van der Waals surface area (Å²) in [5, 5.41) is 0. The van der Waals surface area contributed by atoms with Crippen LogP contribution in [0.3, 0.4) is 0 Å². The van der Waals surface area contributed by atoms with Crippen LogP contribution in [0.5, 0.6) is 0 Å². The molecule has 1 fully saturated rings. The van der Waals surface area contributed by atoms with Gasteiger partial charge in [0.2, 0.25) is 5.91 Å². The Morgan fingerprint density at radius 2 is 2.07 bits per heavy atom. The van der Waals surface area contributed by atoms with Crippen molar-refractivity contribution in [1.82, 2.24) is 4.90 Å². The Balaban J connectivity index is 2.54. The van der Waals surface area contributed by atoms with Crippen LogP contribution in [-0.4, -0.2) is 29.9 Å². The van der Waals surface area contributed by atoms with Gasteiger partial charge in [0.05, 0.1) is 0 Å². The van der Waals surface area contributed by atoms with Gasteiger partial charge < -0.3 is 10.6 Å². The monoisotopic (exact) mass is 208 g/mol. The quantitative estimate of drug-likeness (QED) is 0.692. The standard InChI is InChI=1S/C12H20N2O/c1-3-5-10(6-4-2)12(15)14-8-7-11(13)9-14/h3-4,10-11H,1-2,5-9,13H2/t11-/m1/s1. The molecule has 15 heavy (non-hydrogen) atoms. The summed E-state index contributed by atoms with van der Waals surface area (Å²) >= 11 is 0. The fourth-order valence-electron chi connectivity index (χ4n) is 1.95. The normalized spacial score (nSPS) is 20.7. The third-order valence-corrected chi connectivity index (χ3v) is 2.79. The Morgan fingerprint density at radius 3 is 2.47 bits per heavy atom. The van der Waals surface area contributed by atoms with Gasteiger partial charge in [0.15, 0.2) is 0 Å². The number of hydrogen-bond donors (Lipinski definition) is 1. The molecular weight excluding hydrogens is 188 g/mol. The summed E-state index contributed by atoms with van der Waals surface area (Å²) in [6, 6.07) is 0.155. The Hall–Kier alpha value is -1.09. The summed E-state index contributed by atoms with van der Waals surface area (Å²) in [5.74, 6) is 0.202. The average Bonchev–Trinajstić information content (AvgIpc) is 2.63. The van der Waals surface area contributed by atoms with E-state index in [1.54, 1.807) is 12.2 Å². The van der Waals surface area contributed by atoms with Crippen molar-refractivity contribution in [2.45, 2.75) is 25.3 Å². The molecule has 0 aliphatic carbocycles. The lowest BCUT2D eigenvalue weighted by molar-refractivity contribution is -0.134. The van der Waals surface area contributed by atoms with Crippen molar-refractivity contribution in [3.05, 3.63) is 25.3 Å². The van der Waals surface area contributed by atoms with Crippen molar-refractivity contribution < 1.29 is 4.79 Å². The van der Waals surface area contributed by atoms with E-state index < -0.39 is 0 Å². The average molecular weight is 208 g/mol. The van der Waals surface area contributed by atoms with Gasteiger partial charge in [0, 0.05) is 25.0 Å². The zero-order valence-corrected chi connectivity index (χ0v) is 9.19. The van der Waals surface area contributed by atoms with E-state index in [1.807, 2.05) is 4.90 Å². The van der Waals surface area contributed by atoms with Crippen LogP contribution in [0, 0.1) is 5.92 Å². The Kier molecular flexibility index (Phi) is 4.56. The number of carbonyl (C=O) groups is 1. The molecule has 1 atom stereocenters. The minimum atomic E-state index is 0.00491. The number of hydrogen-bond acceptors (Lipinski definition) is 2. The molecule has 3 heteroatoms. The fourth-order valence-corrected chi connectivity index (χ4v) is 1.95. The van der Waals surface area contributed by atoms with Gasteiger partial charge in [-0.3, -0.25) is 4.79 Å². The second-order valence-corrected chi connectivity index (χ2v) is 4.08.